The number of rotatable bonds is 4. The van der Waals surface area contributed by atoms with Gasteiger partial charge < -0.3 is 10.4 Å². The molecule has 0 saturated heterocycles. The average molecular weight is 281 g/mol. The van der Waals surface area contributed by atoms with Crippen LogP contribution in [0, 0.1) is 11.8 Å². The van der Waals surface area contributed by atoms with E-state index in [1.165, 1.54) is 38.5 Å². The molecule has 0 heterocycles. The zero-order chi connectivity index (χ0) is 14.4. The first kappa shape index (κ1) is 15.8. The maximum Gasteiger partial charge on any atom is 0.220 e. The first-order chi connectivity index (χ1) is 9.57. The second-order valence-corrected chi connectivity index (χ2v) is 7.26. The van der Waals surface area contributed by atoms with Gasteiger partial charge in [0.05, 0.1) is 5.60 Å². The van der Waals surface area contributed by atoms with Crippen molar-refractivity contribution in [2.45, 2.75) is 83.2 Å². The third-order valence-electron chi connectivity index (χ3n) is 5.17. The molecule has 0 unspecified atom stereocenters. The fourth-order valence-electron chi connectivity index (χ4n) is 3.91. The van der Waals surface area contributed by atoms with Gasteiger partial charge in [-0.25, -0.2) is 0 Å². The van der Waals surface area contributed by atoms with Crippen LogP contribution in [-0.4, -0.2) is 23.2 Å². The maximum atomic E-state index is 12.1. The molecule has 0 bridgehead atoms. The van der Waals surface area contributed by atoms with Crippen LogP contribution in [0.5, 0.6) is 0 Å². The summed E-state index contributed by atoms with van der Waals surface area (Å²) in [6.07, 6.45) is 11.9. The van der Waals surface area contributed by atoms with E-state index in [2.05, 4.69) is 12.2 Å². The van der Waals surface area contributed by atoms with Crippen LogP contribution in [0.15, 0.2) is 0 Å². The summed E-state index contributed by atoms with van der Waals surface area (Å²) in [6.45, 7) is 2.74. The standard InChI is InChI=1S/C17H31NO2/c1-14-7-6-8-15(11-14)12-16(19)18-13-17(20)9-4-2-3-5-10-17/h14-15,20H,2-13H2,1H3,(H,18,19)/t14-,15+/m1/s1. The Hall–Kier alpha value is -0.570. The highest BCUT2D eigenvalue weighted by Crippen LogP contribution is 2.31. The van der Waals surface area contributed by atoms with Crippen LogP contribution >= 0.6 is 0 Å². The molecule has 0 aromatic rings. The third kappa shape index (κ3) is 5.08. The van der Waals surface area contributed by atoms with Crippen LogP contribution in [-0.2, 0) is 4.79 Å². The summed E-state index contributed by atoms with van der Waals surface area (Å²) in [5.41, 5.74) is -0.647. The minimum atomic E-state index is -0.647. The van der Waals surface area contributed by atoms with E-state index >= 15 is 0 Å². The van der Waals surface area contributed by atoms with Crippen LogP contribution in [0.4, 0.5) is 0 Å². The molecule has 2 aliphatic carbocycles. The van der Waals surface area contributed by atoms with Crippen LogP contribution in [0.3, 0.4) is 0 Å². The first-order valence-corrected chi connectivity index (χ1v) is 8.56. The van der Waals surface area contributed by atoms with Gasteiger partial charge in [0.2, 0.25) is 5.91 Å². The zero-order valence-electron chi connectivity index (χ0n) is 13.0. The minimum absolute atomic E-state index is 0.141. The van der Waals surface area contributed by atoms with Gasteiger partial charge >= 0.3 is 0 Å². The predicted molar refractivity (Wildman–Crippen MR) is 81.4 cm³/mol. The molecule has 0 radical (unpaired) electrons. The summed E-state index contributed by atoms with van der Waals surface area (Å²) in [7, 11) is 0. The molecular weight excluding hydrogens is 250 g/mol. The predicted octanol–water partition coefficient (Wildman–Crippen LogP) is 3.40. The number of nitrogens with one attached hydrogen (secondary N) is 1. The van der Waals surface area contributed by atoms with Crippen molar-refractivity contribution in [2.24, 2.45) is 11.8 Å². The number of carbonyl (C=O) groups excluding carboxylic acids is 1. The molecule has 3 nitrogen and oxygen atoms in total. The summed E-state index contributed by atoms with van der Waals surface area (Å²) >= 11 is 0. The highest BCUT2D eigenvalue weighted by atomic mass is 16.3. The van der Waals surface area contributed by atoms with E-state index in [9.17, 15) is 9.90 Å². The lowest BCUT2D eigenvalue weighted by Gasteiger charge is -2.29. The Morgan fingerprint density at radius 2 is 1.85 bits per heavy atom. The van der Waals surface area contributed by atoms with E-state index in [1.54, 1.807) is 0 Å². The molecule has 20 heavy (non-hydrogen) atoms. The van der Waals surface area contributed by atoms with Crippen LogP contribution in [0.2, 0.25) is 0 Å². The van der Waals surface area contributed by atoms with Gasteiger partial charge in [-0.1, -0.05) is 45.4 Å². The lowest BCUT2D eigenvalue weighted by Crippen LogP contribution is -2.43. The number of aliphatic hydroxyl groups is 1. The molecule has 0 aliphatic heterocycles. The Morgan fingerprint density at radius 3 is 2.50 bits per heavy atom. The van der Waals surface area contributed by atoms with Crippen LogP contribution in [0.1, 0.15) is 77.6 Å². The summed E-state index contributed by atoms with van der Waals surface area (Å²) in [6, 6.07) is 0. The number of carbonyl (C=O) groups is 1. The Bertz CT molecular complexity index is 308. The molecule has 3 heteroatoms. The Labute approximate surface area is 123 Å². The van der Waals surface area contributed by atoms with Crippen molar-refractivity contribution in [1.82, 2.24) is 5.32 Å². The molecule has 0 aromatic heterocycles. The Balaban J connectivity index is 1.71. The molecule has 2 fully saturated rings. The lowest BCUT2D eigenvalue weighted by molar-refractivity contribution is -0.123. The van der Waals surface area contributed by atoms with E-state index in [-0.39, 0.29) is 5.91 Å². The average Bonchev–Trinajstić information content (AvgIpc) is 2.62. The highest BCUT2D eigenvalue weighted by Gasteiger charge is 2.29. The molecular formula is C17H31NO2. The van der Waals surface area contributed by atoms with Crippen LogP contribution < -0.4 is 5.32 Å². The van der Waals surface area contributed by atoms with Crippen molar-refractivity contribution >= 4 is 5.91 Å². The van der Waals surface area contributed by atoms with Gasteiger partial charge in [-0.05, 0) is 37.5 Å². The molecule has 2 saturated carbocycles. The number of hydrogen-bond donors (Lipinski definition) is 2. The first-order valence-electron chi connectivity index (χ1n) is 8.56. The van der Waals surface area contributed by atoms with Crippen molar-refractivity contribution in [3.05, 3.63) is 0 Å². The number of amides is 1. The fraction of sp³-hybridized carbons (Fsp3) is 0.941. The second kappa shape index (κ2) is 7.44. The normalized spacial score (nSPS) is 30.5. The molecule has 1 amide bonds. The zero-order valence-corrected chi connectivity index (χ0v) is 13.0. The van der Waals surface area contributed by atoms with Gasteiger partial charge in [0.15, 0.2) is 0 Å². The molecule has 2 N–H and O–H groups in total. The smallest absolute Gasteiger partial charge is 0.220 e. The monoisotopic (exact) mass is 281 g/mol. The summed E-state index contributed by atoms with van der Waals surface area (Å²) < 4.78 is 0. The van der Waals surface area contributed by atoms with Crippen molar-refractivity contribution in [3.8, 4) is 0 Å². The van der Waals surface area contributed by atoms with Gasteiger partial charge in [-0.2, -0.15) is 0 Å². The van der Waals surface area contributed by atoms with E-state index < -0.39 is 5.60 Å². The van der Waals surface area contributed by atoms with E-state index in [0.717, 1.165) is 31.6 Å². The SMILES string of the molecule is C[C@@H]1CCC[C@H](CC(=O)NCC2(O)CCCCCC2)C1. The molecule has 2 aliphatic rings. The lowest BCUT2D eigenvalue weighted by atomic mass is 9.80. The molecule has 0 spiro atoms. The second-order valence-electron chi connectivity index (χ2n) is 7.26. The van der Waals surface area contributed by atoms with E-state index in [0.29, 0.717) is 18.9 Å². The molecule has 2 atom stereocenters. The van der Waals surface area contributed by atoms with Gasteiger partial charge in [-0.3, -0.25) is 4.79 Å². The van der Waals surface area contributed by atoms with Crippen molar-refractivity contribution in [3.63, 3.8) is 0 Å². The summed E-state index contributed by atoms with van der Waals surface area (Å²) in [4.78, 5) is 12.1. The topological polar surface area (TPSA) is 49.3 Å². The third-order valence-corrected chi connectivity index (χ3v) is 5.17. The van der Waals surface area contributed by atoms with E-state index in [4.69, 9.17) is 0 Å². The van der Waals surface area contributed by atoms with Crippen molar-refractivity contribution in [2.75, 3.05) is 6.54 Å². The number of hydrogen-bond acceptors (Lipinski definition) is 2. The molecule has 0 aromatic carbocycles. The van der Waals surface area contributed by atoms with Gasteiger partial charge in [0.1, 0.15) is 0 Å². The summed E-state index contributed by atoms with van der Waals surface area (Å²) in [5.74, 6) is 1.47. The fourth-order valence-corrected chi connectivity index (χ4v) is 3.91. The summed E-state index contributed by atoms with van der Waals surface area (Å²) in [5, 5.41) is 13.5. The molecule has 2 rings (SSSR count). The van der Waals surface area contributed by atoms with Gasteiger partial charge in [0, 0.05) is 13.0 Å². The largest absolute Gasteiger partial charge is 0.388 e. The highest BCUT2D eigenvalue weighted by molar-refractivity contribution is 5.76. The van der Waals surface area contributed by atoms with Crippen molar-refractivity contribution < 1.29 is 9.90 Å². The Kier molecular flexibility index (Phi) is 5.88. The minimum Gasteiger partial charge on any atom is -0.388 e. The van der Waals surface area contributed by atoms with Gasteiger partial charge in [0.25, 0.3) is 0 Å². The Morgan fingerprint density at radius 1 is 1.15 bits per heavy atom. The quantitative estimate of drug-likeness (QED) is 0.776. The van der Waals surface area contributed by atoms with Gasteiger partial charge in [-0.15, -0.1) is 0 Å². The van der Waals surface area contributed by atoms with E-state index in [1.807, 2.05) is 0 Å². The molecule has 116 valence electrons. The van der Waals surface area contributed by atoms with Crippen LogP contribution in [0.25, 0.3) is 0 Å². The van der Waals surface area contributed by atoms with Crippen molar-refractivity contribution in [1.29, 1.82) is 0 Å². The maximum absolute atomic E-state index is 12.1.